The summed E-state index contributed by atoms with van der Waals surface area (Å²) in [6.07, 6.45) is -7.21. The zero-order valence-corrected chi connectivity index (χ0v) is 7.20. The first-order valence-corrected chi connectivity index (χ1v) is 3.98. The Morgan fingerprint density at radius 2 is 1.64 bits per heavy atom. The molecular formula is C9H10F3NO. The SMILES string of the molecule is N[C@@H](c1ccccc1)[C@@H](O)C(F)(F)F. The van der Waals surface area contributed by atoms with Crippen molar-refractivity contribution in [3.63, 3.8) is 0 Å². The molecule has 0 aliphatic carbocycles. The van der Waals surface area contributed by atoms with E-state index in [1.807, 2.05) is 0 Å². The highest BCUT2D eigenvalue weighted by Crippen LogP contribution is 2.28. The summed E-state index contributed by atoms with van der Waals surface area (Å²) in [7, 11) is 0. The van der Waals surface area contributed by atoms with E-state index in [2.05, 4.69) is 0 Å². The second-order valence-electron chi connectivity index (χ2n) is 2.92. The van der Waals surface area contributed by atoms with E-state index in [1.165, 1.54) is 12.1 Å². The first kappa shape index (κ1) is 11.0. The van der Waals surface area contributed by atoms with Crippen molar-refractivity contribution in [1.82, 2.24) is 0 Å². The van der Waals surface area contributed by atoms with Crippen LogP contribution in [0.25, 0.3) is 0 Å². The largest absolute Gasteiger partial charge is 0.416 e. The van der Waals surface area contributed by atoms with Crippen LogP contribution in [-0.4, -0.2) is 17.4 Å². The van der Waals surface area contributed by atoms with Gasteiger partial charge < -0.3 is 10.8 Å². The Morgan fingerprint density at radius 1 is 1.14 bits per heavy atom. The van der Waals surface area contributed by atoms with Crippen LogP contribution in [0.1, 0.15) is 11.6 Å². The normalized spacial score (nSPS) is 16.4. The van der Waals surface area contributed by atoms with Gasteiger partial charge in [-0.05, 0) is 5.56 Å². The van der Waals surface area contributed by atoms with Crippen LogP contribution in [0.15, 0.2) is 30.3 Å². The number of halogens is 3. The molecule has 78 valence electrons. The highest BCUT2D eigenvalue weighted by Gasteiger charge is 2.42. The van der Waals surface area contributed by atoms with E-state index in [9.17, 15) is 13.2 Å². The number of alkyl halides is 3. The third kappa shape index (κ3) is 2.46. The van der Waals surface area contributed by atoms with Crippen LogP contribution in [0.2, 0.25) is 0 Å². The Labute approximate surface area is 79.2 Å². The molecule has 14 heavy (non-hydrogen) atoms. The summed E-state index contributed by atoms with van der Waals surface area (Å²) in [6, 6.07) is 6.25. The first-order chi connectivity index (χ1) is 6.43. The smallest absolute Gasteiger partial charge is 0.382 e. The Kier molecular flexibility index (Phi) is 3.13. The first-order valence-electron chi connectivity index (χ1n) is 3.98. The van der Waals surface area contributed by atoms with Crippen molar-refractivity contribution < 1.29 is 18.3 Å². The fourth-order valence-corrected chi connectivity index (χ4v) is 1.06. The number of hydrogen-bond donors (Lipinski definition) is 2. The molecular weight excluding hydrogens is 195 g/mol. The Hall–Kier alpha value is -1.07. The lowest BCUT2D eigenvalue weighted by atomic mass is 10.0. The lowest BCUT2D eigenvalue weighted by Crippen LogP contribution is -2.38. The van der Waals surface area contributed by atoms with Gasteiger partial charge in [0.05, 0.1) is 6.04 Å². The van der Waals surface area contributed by atoms with Gasteiger partial charge in [-0.1, -0.05) is 30.3 Å². The van der Waals surface area contributed by atoms with Gasteiger partial charge in [0.15, 0.2) is 6.10 Å². The summed E-state index contributed by atoms with van der Waals surface area (Å²) in [6.45, 7) is 0. The summed E-state index contributed by atoms with van der Waals surface area (Å²) in [5, 5.41) is 8.86. The number of aliphatic hydroxyl groups is 1. The average Bonchev–Trinajstić information content (AvgIpc) is 2.15. The molecule has 0 saturated carbocycles. The molecule has 5 heteroatoms. The standard InChI is InChI=1S/C9H10F3NO/c10-9(11,12)8(14)7(13)6-4-2-1-3-5-6/h1-5,7-8,14H,13H2/t7-,8+/m0/s1. The van der Waals surface area contributed by atoms with Crippen molar-refractivity contribution >= 4 is 0 Å². The van der Waals surface area contributed by atoms with Crippen LogP contribution in [0.4, 0.5) is 13.2 Å². The van der Waals surface area contributed by atoms with E-state index < -0.39 is 18.3 Å². The maximum Gasteiger partial charge on any atom is 0.416 e. The minimum absolute atomic E-state index is 0.261. The van der Waals surface area contributed by atoms with Gasteiger partial charge in [0.2, 0.25) is 0 Å². The molecule has 0 unspecified atom stereocenters. The number of nitrogens with two attached hydrogens (primary N) is 1. The number of hydrogen-bond acceptors (Lipinski definition) is 2. The predicted molar refractivity (Wildman–Crippen MR) is 45.4 cm³/mol. The average molecular weight is 205 g/mol. The third-order valence-electron chi connectivity index (χ3n) is 1.86. The molecule has 1 aromatic carbocycles. The van der Waals surface area contributed by atoms with Gasteiger partial charge in [0.25, 0.3) is 0 Å². The van der Waals surface area contributed by atoms with E-state index >= 15 is 0 Å². The van der Waals surface area contributed by atoms with Crippen molar-refractivity contribution in [3.8, 4) is 0 Å². The van der Waals surface area contributed by atoms with Crippen LogP contribution in [-0.2, 0) is 0 Å². The molecule has 1 rings (SSSR count). The zero-order valence-electron chi connectivity index (χ0n) is 7.20. The van der Waals surface area contributed by atoms with Gasteiger partial charge in [0.1, 0.15) is 0 Å². The van der Waals surface area contributed by atoms with Gasteiger partial charge in [0, 0.05) is 0 Å². The Morgan fingerprint density at radius 3 is 2.07 bits per heavy atom. The summed E-state index contributed by atoms with van der Waals surface area (Å²) < 4.78 is 36.2. The van der Waals surface area contributed by atoms with Gasteiger partial charge in [-0.2, -0.15) is 13.2 Å². The Balaban J connectivity index is 2.81. The minimum atomic E-state index is -4.69. The predicted octanol–water partition coefficient (Wildman–Crippen LogP) is 1.61. The van der Waals surface area contributed by atoms with Crippen molar-refractivity contribution in [2.45, 2.75) is 18.3 Å². The van der Waals surface area contributed by atoms with Crippen LogP contribution in [0, 0.1) is 0 Å². The van der Waals surface area contributed by atoms with E-state index in [0.29, 0.717) is 0 Å². The molecule has 2 atom stereocenters. The summed E-state index contributed by atoms with van der Waals surface area (Å²) in [5.41, 5.74) is 5.52. The van der Waals surface area contributed by atoms with Gasteiger partial charge >= 0.3 is 6.18 Å². The highest BCUT2D eigenvalue weighted by molar-refractivity contribution is 5.19. The topological polar surface area (TPSA) is 46.2 Å². The van der Waals surface area contributed by atoms with Crippen LogP contribution >= 0.6 is 0 Å². The fraction of sp³-hybridized carbons (Fsp3) is 0.333. The van der Waals surface area contributed by atoms with Crippen LogP contribution in [0.3, 0.4) is 0 Å². The second-order valence-corrected chi connectivity index (χ2v) is 2.92. The molecule has 1 aromatic rings. The molecule has 3 N–H and O–H groups in total. The maximum absolute atomic E-state index is 12.1. The van der Waals surface area contributed by atoms with E-state index in [1.54, 1.807) is 18.2 Å². The monoisotopic (exact) mass is 205 g/mol. The maximum atomic E-state index is 12.1. The van der Waals surface area contributed by atoms with E-state index in [0.717, 1.165) is 0 Å². The number of aliphatic hydroxyl groups excluding tert-OH is 1. The molecule has 0 saturated heterocycles. The number of rotatable bonds is 2. The van der Waals surface area contributed by atoms with Gasteiger partial charge in [-0.25, -0.2) is 0 Å². The molecule has 0 radical (unpaired) electrons. The van der Waals surface area contributed by atoms with Crippen molar-refractivity contribution in [2.24, 2.45) is 5.73 Å². The molecule has 0 aromatic heterocycles. The zero-order chi connectivity index (χ0) is 10.8. The molecule has 2 nitrogen and oxygen atoms in total. The van der Waals surface area contributed by atoms with E-state index in [-0.39, 0.29) is 5.56 Å². The molecule has 0 fully saturated rings. The van der Waals surface area contributed by atoms with Crippen molar-refractivity contribution in [2.75, 3.05) is 0 Å². The molecule has 0 aliphatic rings. The van der Waals surface area contributed by atoms with E-state index in [4.69, 9.17) is 10.8 Å². The molecule has 0 aliphatic heterocycles. The molecule has 0 bridgehead atoms. The highest BCUT2D eigenvalue weighted by atomic mass is 19.4. The van der Waals surface area contributed by atoms with Gasteiger partial charge in [-0.15, -0.1) is 0 Å². The van der Waals surface area contributed by atoms with Crippen molar-refractivity contribution in [1.29, 1.82) is 0 Å². The quantitative estimate of drug-likeness (QED) is 0.770. The molecule has 0 amide bonds. The summed E-state index contributed by atoms with van der Waals surface area (Å²) in [4.78, 5) is 0. The Bertz CT molecular complexity index is 286. The van der Waals surface area contributed by atoms with Crippen LogP contribution < -0.4 is 5.73 Å². The summed E-state index contributed by atoms with van der Waals surface area (Å²) in [5.74, 6) is 0. The van der Waals surface area contributed by atoms with Gasteiger partial charge in [-0.3, -0.25) is 0 Å². The van der Waals surface area contributed by atoms with Crippen molar-refractivity contribution in [3.05, 3.63) is 35.9 Å². The van der Waals surface area contributed by atoms with Crippen LogP contribution in [0.5, 0.6) is 0 Å². The molecule has 0 heterocycles. The lowest BCUT2D eigenvalue weighted by molar-refractivity contribution is -0.210. The molecule has 0 spiro atoms. The fourth-order valence-electron chi connectivity index (χ4n) is 1.06. The third-order valence-corrected chi connectivity index (χ3v) is 1.86. The lowest BCUT2D eigenvalue weighted by Gasteiger charge is -2.21. The second kappa shape index (κ2) is 3.98. The minimum Gasteiger partial charge on any atom is -0.382 e. The summed E-state index contributed by atoms with van der Waals surface area (Å²) >= 11 is 0. The number of benzene rings is 1.